The molecule has 0 bridgehead atoms. The Morgan fingerprint density at radius 1 is 1.18 bits per heavy atom. The standard InChI is InChI=1S/C23H18Cl2N2O7S3.K/c24-13-1-3-17-15(9-13)26(12-34-23(30)6-5-22(28)29)19(35-17)11-20-27(8-7-21(27)37(31,32)33)16-10-14(25)2-4-18(16)36-20;/h1-4,9-11,21H,5-8,12H2;/q;+1/p+1. The van der Waals surface area contributed by atoms with Gasteiger partial charge < -0.3 is 14.4 Å². The fourth-order valence-corrected chi connectivity index (χ4v) is 8.62. The summed E-state index contributed by atoms with van der Waals surface area (Å²) in [5.74, 6) is -1.77. The molecule has 38 heavy (non-hydrogen) atoms. The van der Waals surface area contributed by atoms with Crippen molar-refractivity contribution >= 4 is 90.3 Å². The first-order chi connectivity index (χ1) is 17.5. The second kappa shape index (κ2) is 11.7. The van der Waals surface area contributed by atoms with E-state index < -0.39 is 27.4 Å². The Morgan fingerprint density at radius 3 is 2.55 bits per heavy atom. The number of thiazole rings is 1. The van der Waals surface area contributed by atoms with Crippen LogP contribution in [0.25, 0.3) is 16.3 Å². The summed E-state index contributed by atoms with van der Waals surface area (Å²) in [4.78, 5) is 23.7. The average Bonchev–Trinajstić information content (AvgIpc) is 3.29. The van der Waals surface area contributed by atoms with Crippen molar-refractivity contribution in [1.82, 2.24) is 4.48 Å². The zero-order valence-electron chi connectivity index (χ0n) is 19.9. The maximum Gasteiger partial charge on any atom is 1.00 e. The number of thioether (sulfide) groups is 1. The SMILES string of the molecule is O=C(O)CCC(=O)OC[n+]1c(C=C2Sc3ccc(Cl)cc3[N+]23CCC3S(=O)(=O)[O-])sc2ccc(Cl)cc21.[K+]. The second-order valence-electron chi connectivity index (χ2n) is 8.54. The summed E-state index contributed by atoms with van der Waals surface area (Å²) in [5, 5.41) is 9.82. The Kier molecular flexibility index (Phi) is 9.40. The summed E-state index contributed by atoms with van der Waals surface area (Å²) in [6, 6.07) is 10.5. The van der Waals surface area contributed by atoms with Gasteiger partial charge in [0.15, 0.2) is 26.2 Å². The van der Waals surface area contributed by atoms with Gasteiger partial charge in [-0.05, 0) is 36.0 Å². The number of ether oxygens (including phenoxy) is 1. The molecule has 9 nitrogen and oxygen atoms in total. The van der Waals surface area contributed by atoms with Crippen LogP contribution >= 0.6 is 46.3 Å². The fourth-order valence-electron chi connectivity index (χ4n) is 4.57. The van der Waals surface area contributed by atoms with Crippen molar-refractivity contribution in [3.8, 4) is 0 Å². The van der Waals surface area contributed by atoms with E-state index in [1.807, 2.05) is 6.07 Å². The first-order valence-corrected chi connectivity index (χ1v) is 14.9. The Hall–Kier alpha value is -0.554. The molecule has 3 aromatic rings. The minimum Gasteiger partial charge on any atom is -0.743 e. The molecule has 1 saturated heterocycles. The number of fused-ring (bicyclic) bond motifs is 3. The Bertz CT molecular complexity index is 1600. The largest absolute Gasteiger partial charge is 1.00 e. The van der Waals surface area contributed by atoms with Gasteiger partial charge in [-0.25, -0.2) is 12.9 Å². The van der Waals surface area contributed by atoms with E-state index in [0.717, 1.165) is 9.60 Å². The minimum absolute atomic E-state index is 0. The Morgan fingerprint density at radius 2 is 1.89 bits per heavy atom. The molecule has 1 spiro atoms. The first kappa shape index (κ1) is 30.4. The molecule has 0 aliphatic carbocycles. The number of carbonyl (C=O) groups is 2. The number of nitrogens with zero attached hydrogens (tertiary/aromatic N) is 2. The van der Waals surface area contributed by atoms with E-state index >= 15 is 0 Å². The van der Waals surface area contributed by atoms with Crippen LogP contribution in [0.3, 0.4) is 0 Å². The van der Waals surface area contributed by atoms with E-state index in [2.05, 4.69) is 0 Å². The molecule has 2 unspecified atom stereocenters. The van der Waals surface area contributed by atoms with Crippen molar-refractivity contribution in [3.05, 3.63) is 56.5 Å². The van der Waals surface area contributed by atoms with Gasteiger partial charge >= 0.3 is 63.3 Å². The second-order valence-corrected chi connectivity index (χ2v) is 13.1. The molecule has 194 valence electrons. The molecule has 2 aliphatic heterocycles. The van der Waals surface area contributed by atoms with Gasteiger partial charge in [0.05, 0.1) is 36.8 Å². The van der Waals surface area contributed by atoms with Gasteiger partial charge in [0.1, 0.15) is 4.70 Å². The van der Waals surface area contributed by atoms with E-state index in [1.165, 1.54) is 23.1 Å². The number of esters is 1. The summed E-state index contributed by atoms with van der Waals surface area (Å²) in [7, 11) is -4.63. The van der Waals surface area contributed by atoms with Crippen molar-refractivity contribution in [2.24, 2.45) is 0 Å². The molecule has 0 radical (unpaired) electrons. The first-order valence-electron chi connectivity index (χ1n) is 11.0. The zero-order chi connectivity index (χ0) is 26.5. The van der Waals surface area contributed by atoms with Crippen LogP contribution in [0.2, 0.25) is 10.0 Å². The van der Waals surface area contributed by atoms with Crippen LogP contribution in [0, 0.1) is 0 Å². The maximum atomic E-state index is 12.2. The summed E-state index contributed by atoms with van der Waals surface area (Å²) in [5.41, 5.74) is 1.34. The van der Waals surface area contributed by atoms with Crippen LogP contribution in [0.4, 0.5) is 5.69 Å². The summed E-state index contributed by atoms with van der Waals surface area (Å²) in [6.07, 6.45) is 1.40. The van der Waals surface area contributed by atoms with Crippen molar-refractivity contribution in [2.75, 3.05) is 6.54 Å². The van der Waals surface area contributed by atoms with Crippen molar-refractivity contribution in [2.45, 2.75) is 36.3 Å². The zero-order valence-corrected chi connectivity index (χ0v) is 27.0. The topological polar surface area (TPSA) is 125 Å². The number of hydrogen-bond acceptors (Lipinski definition) is 8. The van der Waals surface area contributed by atoms with Crippen molar-refractivity contribution in [3.63, 3.8) is 0 Å². The van der Waals surface area contributed by atoms with E-state index in [1.54, 1.807) is 41.0 Å². The number of halogens is 2. The number of rotatable bonds is 7. The predicted octanol–water partition coefficient (Wildman–Crippen LogP) is 1.55. The van der Waals surface area contributed by atoms with Crippen LogP contribution < -0.4 is 60.4 Å². The molecule has 15 heteroatoms. The van der Waals surface area contributed by atoms with Gasteiger partial charge in [0, 0.05) is 22.2 Å². The quantitative estimate of drug-likeness (QED) is 0.136. The normalized spacial score (nSPS) is 21.2. The number of carboxylic acids is 1. The summed E-state index contributed by atoms with van der Waals surface area (Å²) in [6.45, 7) is 0.212. The molecule has 5 rings (SSSR count). The fraction of sp³-hybridized carbons (Fsp3) is 0.261. The number of carboxylic acid groups (broad SMARTS) is 1. The number of hydrogen-bond donors (Lipinski definition) is 1. The Labute approximate surface area is 279 Å². The van der Waals surface area contributed by atoms with Crippen LogP contribution in [0.5, 0.6) is 0 Å². The Balaban J connectivity index is 0.00000336. The number of quaternary nitrogens is 1. The molecule has 1 fully saturated rings. The van der Waals surface area contributed by atoms with Gasteiger partial charge in [-0.3, -0.25) is 9.59 Å². The molecular weight excluding hydrogens is 622 g/mol. The van der Waals surface area contributed by atoms with Crippen molar-refractivity contribution < 1.29 is 88.4 Å². The monoisotopic (exact) mass is 640 g/mol. The van der Waals surface area contributed by atoms with E-state index in [0.29, 0.717) is 37.8 Å². The predicted molar refractivity (Wildman–Crippen MR) is 140 cm³/mol. The molecular formula is C23H19Cl2KN2O7S3+2. The number of benzene rings is 2. The van der Waals surface area contributed by atoms with Gasteiger partial charge in [-0.2, -0.15) is 0 Å². The minimum atomic E-state index is -4.63. The molecule has 2 aromatic carbocycles. The molecule has 3 heterocycles. The van der Waals surface area contributed by atoms with Gasteiger partial charge in [0.25, 0.3) is 11.7 Å². The molecule has 0 saturated carbocycles. The van der Waals surface area contributed by atoms with Crippen LogP contribution in [0.1, 0.15) is 24.3 Å². The average molecular weight is 642 g/mol. The maximum absolute atomic E-state index is 12.2. The van der Waals surface area contributed by atoms with E-state index in [9.17, 15) is 22.6 Å². The number of aliphatic carboxylic acids is 1. The number of aromatic nitrogens is 1. The molecule has 1 aromatic heterocycles. The van der Waals surface area contributed by atoms with Crippen molar-refractivity contribution in [1.29, 1.82) is 0 Å². The third kappa shape index (κ3) is 5.76. The van der Waals surface area contributed by atoms with Crippen LogP contribution in [0.15, 0.2) is 46.3 Å². The van der Waals surface area contributed by atoms with Crippen LogP contribution in [-0.4, -0.2) is 41.9 Å². The van der Waals surface area contributed by atoms with Gasteiger partial charge in [-0.1, -0.05) is 34.5 Å². The molecule has 2 atom stereocenters. The summed E-state index contributed by atoms with van der Waals surface area (Å²) < 4.78 is 44.5. The van der Waals surface area contributed by atoms with E-state index in [-0.39, 0.29) is 81.9 Å². The van der Waals surface area contributed by atoms with Crippen LogP contribution in [-0.2, 0) is 31.2 Å². The third-order valence-corrected chi connectivity index (χ3v) is 10.4. The number of carbonyl (C=O) groups excluding carboxylic acids is 1. The smallest absolute Gasteiger partial charge is 0.743 e. The molecule has 1 N–H and O–H groups in total. The van der Waals surface area contributed by atoms with Gasteiger partial charge in [-0.15, -0.1) is 4.57 Å². The van der Waals surface area contributed by atoms with E-state index in [4.69, 9.17) is 33.0 Å². The summed E-state index contributed by atoms with van der Waals surface area (Å²) >= 11 is 15.2. The van der Waals surface area contributed by atoms with Gasteiger partial charge in [0.2, 0.25) is 5.52 Å². The molecule has 2 aliphatic rings. The molecule has 0 amide bonds. The third-order valence-electron chi connectivity index (χ3n) is 6.35.